The molecule has 0 saturated heterocycles. The van der Waals surface area contributed by atoms with E-state index in [9.17, 15) is 15.0 Å². The van der Waals surface area contributed by atoms with Crippen LogP contribution in [-0.2, 0) is 16.6 Å². The molecule has 1 aromatic carbocycles. The van der Waals surface area contributed by atoms with Crippen LogP contribution in [0.2, 0.25) is 0 Å². The number of benzene rings is 1. The number of phenols is 1. The third-order valence-corrected chi connectivity index (χ3v) is 7.11. The summed E-state index contributed by atoms with van der Waals surface area (Å²) in [5.74, 6) is 1.06. The van der Waals surface area contributed by atoms with Gasteiger partial charge in [-0.2, -0.15) is 0 Å². The van der Waals surface area contributed by atoms with Gasteiger partial charge in [0.15, 0.2) is 23.4 Å². The summed E-state index contributed by atoms with van der Waals surface area (Å²) in [4.78, 5) is 15.0. The van der Waals surface area contributed by atoms with E-state index in [0.717, 1.165) is 17.7 Å². The van der Waals surface area contributed by atoms with Crippen LogP contribution in [0.4, 0.5) is 0 Å². The van der Waals surface area contributed by atoms with Gasteiger partial charge >= 0.3 is 0 Å². The zero-order valence-corrected chi connectivity index (χ0v) is 15.1. The highest BCUT2D eigenvalue weighted by molar-refractivity contribution is 5.90. The molecular formula is C21H25NO4. The van der Waals surface area contributed by atoms with Crippen LogP contribution in [0.3, 0.4) is 0 Å². The first-order chi connectivity index (χ1) is 12.4. The van der Waals surface area contributed by atoms with Crippen molar-refractivity contribution in [3.05, 3.63) is 35.9 Å². The summed E-state index contributed by atoms with van der Waals surface area (Å²) in [6.45, 7) is 4.98. The normalized spacial score (nSPS) is 37.4. The number of nitrogens with zero attached hydrogens (tertiary/aromatic N) is 1. The number of carbonyl (C=O) groups excluding carboxylic acids is 1. The van der Waals surface area contributed by atoms with Gasteiger partial charge in [0.25, 0.3) is 0 Å². The topological polar surface area (TPSA) is 70.0 Å². The maximum absolute atomic E-state index is 12.7. The number of aliphatic hydroxyl groups is 1. The Morgan fingerprint density at radius 1 is 1.42 bits per heavy atom. The van der Waals surface area contributed by atoms with E-state index >= 15 is 0 Å². The number of hydrogen-bond donors (Lipinski definition) is 2. The Balaban J connectivity index is 1.72. The Hall–Kier alpha value is -1.85. The molecule has 0 bridgehead atoms. The van der Waals surface area contributed by atoms with Crippen LogP contribution in [0.1, 0.15) is 36.8 Å². The number of ether oxygens (including phenoxy) is 1. The number of rotatable bonds is 4. The van der Waals surface area contributed by atoms with Crippen LogP contribution in [-0.4, -0.2) is 52.2 Å². The molecule has 4 aliphatic rings. The molecule has 2 N–H and O–H groups in total. The van der Waals surface area contributed by atoms with Gasteiger partial charge in [0.1, 0.15) is 0 Å². The Kier molecular flexibility index (Phi) is 3.21. The number of hydrogen-bond acceptors (Lipinski definition) is 5. The molecule has 3 aliphatic carbocycles. The number of phenolic OH excluding ortho intramolecular Hbond substituents is 1. The van der Waals surface area contributed by atoms with Crippen molar-refractivity contribution >= 4 is 5.78 Å². The van der Waals surface area contributed by atoms with Gasteiger partial charge in [0.2, 0.25) is 0 Å². The van der Waals surface area contributed by atoms with Crippen LogP contribution in [0.5, 0.6) is 11.5 Å². The molecule has 5 nitrogen and oxygen atoms in total. The summed E-state index contributed by atoms with van der Waals surface area (Å²) >= 11 is 0. The molecule has 0 aromatic heterocycles. The first-order valence-corrected chi connectivity index (χ1v) is 9.53. The summed E-state index contributed by atoms with van der Waals surface area (Å²) in [5, 5.41) is 22.4. The molecule has 4 atom stereocenters. The number of likely N-dealkylation sites (N-methyl/N-ethyl adjacent to an activating group) is 1. The van der Waals surface area contributed by atoms with Crippen molar-refractivity contribution in [2.45, 2.75) is 55.3 Å². The van der Waals surface area contributed by atoms with Crippen molar-refractivity contribution < 1.29 is 19.7 Å². The second-order valence-corrected chi connectivity index (χ2v) is 8.51. The minimum absolute atomic E-state index is 0.0263. The number of Topliss-reactive ketones (excluding diaryl/α,β-unsaturated/α-hetero) is 1. The van der Waals surface area contributed by atoms with E-state index in [2.05, 4.69) is 18.5 Å². The molecule has 1 heterocycles. The van der Waals surface area contributed by atoms with Crippen LogP contribution < -0.4 is 4.74 Å². The predicted molar refractivity (Wildman–Crippen MR) is 96.4 cm³/mol. The zero-order valence-electron chi connectivity index (χ0n) is 15.1. The van der Waals surface area contributed by atoms with Crippen molar-refractivity contribution in [2.75, 3.05) is 13.6 Å². The molecule has 5 rings (SSSR count). The molecule has 26 heavy (non-hydrogen) atoms. The lowest BCUT2D eigenvalue weighted by Gasteiger charge is -2.57. The van der Waals surface area contributed by atoms with Crippen LogP contribution in [0, 0.1) is 5.92 Å². The molecular weight excluding hydrogens is 330 g/mol. The lowest BCUT2D eigenvalue weighted by molar-refractivity contribution is -0.158. The fourth-order valence-corrected chi connectivity index (χ4v) is 5.67. The van der Waals surface area contributed by atoms with E-state index < -0.39 is 17.1 Å². The van der Waals surface area contributed by atoms with Gasteiger partial charge in [0.05, 0.1) is 11.0 Å². The highest BCUT2D eigenvalue weighted by atomic mass is 16.5. The van der Waals surface area contributed by atoms with E-state index in [1.54, 1.807) is 12.1 Å². The van der Waals surface area contributed by atoms with Gasteiger partial charge in [-0.25, -0.2) is 0 Å². The highest BCUT2D eigenvalue weighted by Gasteiger charge is 2.70. The molecule has 0 amide bonds. The Labute approximate surface area is 153 Å². The quantitative estimate of drug-likeness (QED) is 0.808. The standard InChI is InChI=1S/C21H25NO4/c1-3-20-17-13-6-7-14(23)18(17)26-19(20)15(24)8-9-21(20,25)16(10-13)22(2)11-12-4-5-12/h3,6-7,12,16,19,23,25H,1,4-5,8-11H2,2H3/t16-,19+,20+,21-/m1/s1. The summed E-state index contributed by atoms with van der Waals surface area (Å²) in [6.07, 6.45) is 4.77. The van der Waals surface area contributed by atoms with Crippen molar-refractivity contribution in [1.29, 1.82) is 0 Å². The van der Waals surface area contributed by atoms with Gasteiger partial charge in [-0.15, -0.1) is 6.58 Å². The first kappa shape index (κ1) is 16.3. The Morgan fingerprint density at radius 2 is 2.19 bits per heavy atom. The van der Waals surface area contributed by atoms with Crippen molar-refractivity contribution in [3.8, 4) is 11.5 Å². The largest absolute Gasteiger partial charge is 0.504 e. The van der Waals surface area contributed by atoms with Gasteiger partial charge in [0, 0.05) is 24.6 Å². The second-order valence-electron chi connectivity index (χ2n) is 8.51. The maximum Gasteiger partial charge on any atom is 0.174 e. The smallest absolute Gasteiger partial charge is 0.174 e. The van der Waals surface area contributed by atoms with Gasteiger partial charge in [-0.1, -0.05) is 12.1 Å². The number of aromatic hydroxyl groups is 1. The highest BCUT2D eigenvalue weighted by Crippen LogP contribution is 2.62. The van der Waals surface area contributed by atoms with Crippen LogP contribution in [0.15, 0.2) is 24.8 Å². The minimum atomic E-state index is -1.14. The molecule has 2 fully saturated rings. The second kappa shape index (κ2) is 5.11. The predicted octanol–water partition coefficient (Wildman–Crippen LogP) is 1.94. The average Bonchev–Trinajstić information content (AvgIpc) is 3.34. The maximum atomic E-state index is 12.7. The zero-order chi connectivity index (χ0) is 18.3. The Morgan fingerprint density at radius 3 is 2.88 bits per heavy atom. The molecule has 2 saturated carbocycles. The number of carbonyl (C=O) groups is 1. The molecule has 138 valence electrons. The van der Waals surface area contributed by atoms with E-state index in [1.165, 1.54) is 12.8 Å². The third-order valence-electron chi connectivity index (χ3n) is 7.11. The minimum Gasteiger partial charge on any atom is -0.504 e. The molecule has 5 heteroatoms. The molecule has 1 aliphatic heterocycles. The SMILES string of the molecule is C=C[C@]12c3c4ccc(O)c3O[C@H]1C(=O)CC[C@@]2(O)[C@H](N(C)CC1CC1)C4. The van der Waals surface area contributed by atoms with E-state index in [0.29, 0.717) is 24.5 Å². The van der Waals surface area contributed by atoms with E-state index in [1.807, 2.05) is 6.07 Å². The fourth-order valence-electron chi connectivity index (χ4n) is 5.67. The lowest BCUT2D eigenvalue weighted by Crippen LogP contribution is -2.72. The van der Waals surface area contributed by atoms with Crippen molar-refractivity contribution in [3.63, 3.8) is 0 Å². The first-order valence-electron chi connectivity index (χ1n) is 9.53. The third kappa shape index (κ3) is 1.80. The monoisotopic (exact) mass is 355 g/mol. The fraction of sp³-hybridized carbons (Fsp3) is 0.571. The van der Waals surface area contributed by atoms with Gasteiger partial charge in [-0.3, -0.25) is 9.69 Å². The summed E-state index contributed by atoms with van der Waals surface area (Å²) in [7, 11) is 2.07. The molecule has 0 unspecified atom stereocenters. The van der Waals surface area contributed by atoms with Crippen molar-refractivity contribution in [1.82, 2.24) is 4.90 Å². The van der Waals surface area contributed by atoms with Crippen LogP contribution in [0.25, 0.3) is 0 Å². The van der Waals surface area contributed by atoms with Crippen molar-refractivity contribution in [2.24, 2.45) is 5.92 Å². The summed E-state index contributed by atoms with van der Waals surface area (Å²) in [6, 6.07) is 3.43. The lowest BCUT2D eigenvalue weighted by atomic mass is 9.52. The van der Waals surface area contributed by atoms with E-state index in [4.69, 9.17) is 4.74 Å². The molecule has 0 radical (unpaired) electrons. The average molecular weight is 355 g/mol. The van der Waals surface area contributed by atoms with Gasteiger partial charge in [-0.05, 0) is 50.3 Å². The van der Waals surface area contributed by atoms with E-state index in [-0.39, 0.29) is 24.0 Å². The molecule has 1 aromatic rings. The number of ketones is 1. The summed E-state index contributed by atoms with van der Waals surface area (Å²) < 4.78 is 5.98. The van der Waals surface area contributed by atoms with Crippen LogP contribution >= 0.6 is 0 Å². The summed E-state index contributed by atoms with van der Waals surface area (Å²) in [5.41, 5.74) is -0.327. The Bertz CT molecular complexity index is 816. The molecule has 0 spiro atoms. The van der Waals surface area contributed by atoms with Gasteiger partial charge < -0.3 is 14.9 Å².